The minimum atomic E-state index is -0.608. The number of hydrogen-bond acceptors (Lipinski definition) is 3. The number of fused-ring (bicyclic) bond motifs is 1. The lowest BCUT2D eigenvalue weighted by molar-refractivity contribution is 0.607. The van der Waals surface area contributed by atoms with Crippen molar-refractivity contribution in [3.63, 3.8) is 0 Å². The van der Waals surface area contributed by atoms with Gasteiger partial charge in [-0.1, -0.05) is 42.5 Å². The van der Waals surface area contributed by atoms with E-state index in [1.54, 1.807) is 17.5 Å². The predicted molar refractivity (Wildman–Crippen MR) is 97.2 cm³/mol. The maximum Gasteiger partial charge on any atom is 0.336 e. The quantitative estimate of drug-likeness (QED) is 0.567. The molecule has 0 fully saturated rings. The molecule has 6 heteroatoms. The Balaban J connectivity index is 2.04. The van der Waals surface area contributed by atoms with Crippen LogP contribution in [0, 0.1) is 5.82 Å². The van der Waals surface area contributed by atoms with Gasteiger partial charge in [-0.2, -0.15) is 0 Å². The lowest BCUT2D eigenvalue weighted by Gasteiger charge is -2.12. The first-order valence-electron chi connectivity index (χ1n) is 7.68. The van der Waals surface area contributed by atoms with Crippen LogP contribution in [0.15, 0.2) is 75.6 Å². The number of hydrogen-bond donors (Lipinski definition) is 0. The van der Waals surface area contributed by atoms with Crippen LogP contribution in [0.2, 0.25) is 0 Å². The summed E-state index contributed by atoms with van der Waals surface area (Å²) in [6.45, 7) is 0.307. The number of rotatable bonds is 3. The first-order chi connectivity index (χ1) is 12.2. The highest BCUT2D eigenvalue weighted by Crippen LogP contribution is 2.18. The third-order valence-electron chi connectivity index (χ3n) is 4.03. The molecular formula is C19H13FN2O2S. The summed E-state index contributed by atoms with van der Waals surface area (Å²) in [4.78, 5) is 25.8. The predicted octanol–water partition coefficient (Wildman–Crippen LogP) is 3.40. The minimum Gasteiger partial charge on any atom is -0.288 e. The molecule has 0 spiro atoms. The zero-order valence-corrected chi connectivity index (χ0v) is 13.9. The molecule has 0 aliphatic carbocycles. The van der Waals surface area contributed by atoms with Gasteiger partial charge in [-0.25, -0.2) is 13.8 Å². The van der Waals surface area contributed by atoms with E-state index in [9.17, 15) is 14.0 Å². The van der Waals surface area contributed by atoms with E-state index in [1.165, 1.54) is 34.1 Å². The number of halogens is 1. The molecule has 0 N–H and O–H groups in total. The van der Waals surface area contributed by atoms with Crippen molar-refractivity contribution < 1.29 is 4.39 Å². The van der Waals surface area contributed by atoms with Crippen LogP contribution in [0.1, 0.15) is 5.56 Å². The van der Waals surface area contributed by atoms with Gasteiger partial charge < -0.3 is 0 Å². The maximum absolute atomic E-state index is 14.2. The fourth-order valence-electron chi connectivity index (χ4n) is 2.85. The molecule has 0 bridgehead atoms. The van der Waals surface area contributed by atoms with Crippen molar-refractivity contribution >= 4 is 21.6 Å². The van der Waals surface area contributed by atoms with Gasteiger partial charge in [-0.15, -0.1) is 11.3 Å². The zero-order chi connectivity index (χ0) is 17.4. The lowest BCUT2D eigenvalue weighted by Crippen LogP contribution is -2.39. The van der Waals surface area contributed by atoms with Crippen LogP contribution in [-0.2, 0) is 6.54 Å². The standard InChI is InChI=1S/C19H13FN2O2S/c20-14-8-4-5-9-15(14)22-18(23)17-16(10-11-25-17)21(19(22)24)12-13-6-2-1-3-7-13/h1-11H,12H2. The van der Waals surface area contributed by atoms with E-state index in [-0.39, 0.29) is 5.69 Å². The van der Waals surface area contributed by atoms with Crippen LogP contribution in [0.25, 0.3) is 15.9 Å². The van der Waals surface area contributed by atoms with Gasteiger partial charge in [0, 0.05) is 0 Å². The molecule has 0 aliphatic rings. The Morgan fingerprint density at radius 3 is 2.40 bits per heavy atom. The molecule has 2 heterocycles. The molecule has 25 heavy (non-hydrogen) atoms. The smallest absolute Gasteiger partial charge is 0.288 e. The Morgan fingerprint density at radius 2 is 1.64 bits per heavy atom. The maximum atomic E-state index is 14.2. The van der Waals surface area contributed by atoms with E-state index in [0.717, 1.165) is 10.1 Å². The van der Waals surface area contributed by atoms with Crippen LogP contribution >= 0.6 is 11.3 Å². The van der Waals surface area contributed by atoms with Crippen LogP contribution in [0.5, 0.6) is 0 Å². The van der Waals surface area contributed by atoms with E-state index in [2.05, 4.69) is 0 Å². The fraction of sp³-hybridized carbons (Fsp3) is 0.0526. The van der Waals surface area contributed by atoms with Gasteiger partial charge >= 0.3 is 5.69 Å². The molecular weight excluding hydrogens is 339 g/mol. The lowest BCUT2D eigenvalue weighted by atomic mass is 10.2. The van der Waals surface area contributed by atoms with Gasteiger partial charge in [0.1, 0.15) is 10.5 Å². The second kappa shape index (κ2) is 6.14. The Kier molecular flexibility index (Phi) is 3.82. The van der Waals surface area contributed by atoms with Crippen LogP contribution < -0.4 is 11.2 Å². The van der Waals surface area contributed by atoms with Crippen molar-refractivity contribution in [1.29, 1.82) is 0 Å². The number of para-hydroxylation sites is 1. The van der Waals surface area contributed by atoms with Crippen molar-refractivity contribution in [2.45, 2.75) is 6.54 Å². The van der Waals surface area contributed by atoms with Gasteiger partial charge in [0.25, 0.3) is 5.56 Å². The molecule has 4 aromatic rings. The molecule has 2 aromatic carbocycles. The SMILES string of the molecule is O=c1c2sccc2n(Cc2ccccc2)c(=O)n1-c1ccccc1F. The van der Waals surface area contributed by atoms with Gasteiger partial charge in [-0.05, 0) is 29.1 Å². The van der Waals surface area contributed by atoms with Crippen LogP contribution in [-0.4, -0.2) is 9.13 Å². The molecule has 0 saturated carbocycles. The first kappa shape index (κ1) is 15.5. The summed E-state index contributed by atoms with van der Waals surface area (Å²) in [7, 11) is 0. The fourth-order valence-corrected chi connectivity index (χ4v) is 3.68. The van der Waals surface area contributed by atoms with E-state index < -0.39 is 17.1 Å². The van der Waals surface area contributed by atoms with E-state index in [4.69, 9.17) is 0 Å². The summed E-state index contributed by atoms with van der Waals surface area (Å²) in [5.74, 6) is -0.608. The highest BCUT2D eigenvalue weighted by Gasteiger charge is 2.17. The Bertz CT molecular complexity index is 1180. The Morgan fingerprint density at radius 1 is 0.920 bits per heavy atom. The number of aromatic nitrogens is 2. The average Bonchev–Trinajstić information content (AvgIpc) is 3.11. The zero-order valence-electron chi connectivity index (χ0n) is 13.1. The van der Waals surface area contributed by atoms with Crippen LogP contribution in [0.4, 0.5) is 4.39 Å². The van der Waals surface area contributed by atoms with Gasteiger partial charge in [-0.3, -0.25) is 9.36 Å². The van der Waals surface area contributed by atoms with Crippen molar-refractivity contribution in [2.24, 2.45) is 0 Å². The number of benzene rings is 2. The van der Waals surface area contributed by atoms with Crippen molar-refractivity contribution in [3.05, 3.63) is 98.3 Å². The normalized spacial score (nSPS) is 11.1. The third-order valence-corrected chi connectivity index (χ3v) is 4.92. The summed E-state index contributed by atoms with van der Waals surface area (Å²) < 4.78 is 17.1. The largest absolute Gasteiger partial charge is 0.336 e. The van der Waals surface area contributed by atoms with Crippen molar-refractivity contribution in [1.82, 2.24) is 9.13 Å². The second-order valence-corrected chi connectivity index (χ2v) is 6.50. The minimum absolute atomic E-state index is 0.0328. The molecule has 0 radical (unpaired) electrons. The molecule has 0 amide bonds. The molecule has 4 nitrogen and oxygen atoms in total. The summed E-state index contributed by atoms with van der Waals surface area (Å²) in [6, 6.07) is 17.0. The highest BCUT2D eigenvalue weighted by molar-refractivity contribution is 7.17. The summed E-state index contributed by atoms with van der Waals surface area (Å²) >= 11 is 1.25. The van der Waals surface area contributed by atoms with Crippen molar-refractivity contribution in [3.8, 4) is 5.69 Å². The molecule has 0 aliphatic heterocycles. The van der Waals surface area contributed by atoms with Gasteiger partial charge in [0.2, 0.25) is 0 Å². The number of thiophene rings is 1. The Hall–Kier alpha value is -2.99. The second-order valence-electron chi connectivity index (χ2n) is 5.58. The van der Waals surface area contributed by atoms with Crippen LogP contribution in [0.3, 0.4) is 0 Å². The van der Waals surface area contributed by atoms with Gasteiger partial charge in [0.05, 0.1) is 17.7 Å². The summed E-state index contributed by atoms with van der Waals surface area (Å²) in [5.41, 5.74) is 0.413. The first-order valence-corrected chi connectivity index (χ1v) is 8.56. The summed E-state index contributed by atoms with van der Waals surface area (Å²) in [6.07, 6.45) is 0. The Labute approximate surface area is 146 Å². The third kappa shape index (κ3) is 2.60. The van der Waals surface area contributed by atoms with E-state index >= 15 is 0 Å². The monoisotopic (exact) mass is 352 g/mol. The molecule has 4 rings (SSSR count). The van der Waals surface area contributed by atoms with Crippen molar-refractivity contribution in [2.75, 3.05) is 0 Å². The molecule has 0 saturated heterocycles. The van der Waals surface area contributed by atoms with Gasteiger partial charge in [0.15, 0.2) is 0 Å². The molecule has 2 aromatic heterocycles. The highest BCUT2D eigenvalue weighted by atomic mass is 32.1. The molecule has 0 unspecified atom stereocenters. The number of nitrogens with zero attached hydrogens (tertiary/aromatic N) is 2. The molecule has 124 valence electrons. The van der Waals surface area contributed by atoms with E-state index in [1.807, 2.05) is 30.3 Å². The molecule has 0 atom stereocenters. The summed E-state index contributed by atoms with van der Waals surface area (Å²) in [5, 5.41) is 1.76. The average molecular weight is 352 g/mol. The topological polar surface area (TPSA) is 44.0 Å². The van der Waals surface area contributed by atoms with E-state index in [0.29, 0.717) is 16.8 Å².